The average Bonchev–Trinajstić information content (AvgIpc) is 2.72. The highest BCUT2D eigenvalue weighted by atomic mass is 16.5. The van der Waals surface area contributed by atoms with Gasteiger partial charge in [-0.2, -0.15) is 0 Å². The van der Waals surface area contributed by atoms with Gasteiger partial charge in [-0.05, 0) is 29.8 Å². The predicted molar refractivity (Wildman–Crippen MR) is 109 cm³/mol. The van der Waals surface area contributed by atoms with E-state index < -0.39 is 0 Å². The second-order valence-electron chi connectivity index (χ2n) is 6.44. The van der Waals surface area contributed by atoms with E-state index in [9.17, 15) is 9.59 Å². The second-order valence-corrected chi connectivity index (χ2v) is 6.44. The summed E-state index contributed by atoms with van der Waals surface area (Å²) in [6.45, 7) is 4.84. The Hall–Kier alpha value is -3.19. The summed E-state index contributed by atoms with van der Waals surface area (Å²) in [5.74, 6) is 0.598. The number of pyridine rings is 1. The summed E-state index contributed by atoms with van der Waals surface area (Å²) in [5.41, 5.74) is 2.58. The van der Waals surface area contributed by atoms with Crippen LogP contribution in [0, 0.1) is 0 Å². The number of rotatable bonds is 6. The smallest absolute Gasteiger partial charge is 0.244 e. The number of carbonyl (C=O) groups excluding carboxylic acids is 2. The van der Waals surface area contributed by atoms with Crippen LogP contribution in [0.4, 0.5) is 11.5 Å². The molecule has 28 heavy (non-hydrogen) atoms. The Labute approximate surface area is 164 Å². The van der Waals surface area contributed by atoms with E-state index in [2.05, 4.69) is 20.5 Å². The van der Waals surface area contributed by atoms with E-state index in [-0.39, 0.29) is 11.8 Å². The highest BCUT2D eigenvalue weighted by molar-refractivity contribution is 5.92. The van der Waals surface area contributed by atoms with Crippen LogP contribution in [-0.2, 0) is 20.9 Å². The molecule has 0 radical (unpaired) electrons. The second kappa shape index (κ2) is 9.66. The molecule has 1 aliphatic rings. The van der Waals surface area contributed by atoms with Gasteiger partial charge in [0.1, 0.15) is 5.82 Å². The van der Waals surface area contributed by atoms with E-state index in [1.54, 1.807) is 24.4 Å². The number of aromatic nitrogens is 1. The molecule has 7 nitrogen and oxygen atoms in total. The minimum atomic E-state index is -0.178. The number of benzene rings is 1. The van der Waals surface area contributed by atoms with Crippen molar-refractivity contribution >= 4 is 29.4 Å². The van der Waals surface area contributed by atoms with Gasteiger partial charge >= 0.3 is 0 Å². The number of hydrogen-bond acceptors (Lipinski definition) is 5. The number of amides is 2. The molecular weight excluding hydrogens is 356 g/mol. The van der Waals surface area contributed by atoms with E-state index in [1.165, 1.54) is 13.0 Å². The summed E-state index contributed by atoms with van der Waals surface area (Å²) in [6.07, 6.45) is 5.00. The van der Waals surface area contributed by atoms with E-state index in [0.29, 0.717) is 19.8 Å². The van der Waals surface area contributed by atoms with Crippen LogP contribution in [0.2, 0.25) is 0 Å². The normalized spacial score (nSPS) is 14.1. The number of morpholine rings is 1. The molecule has 2 heterocycles. The summed E-state index contributed by atoms with van der Waals surface area (Å²) in [5, 5.41) is 5.61. The largest absolute Gasteiger partial charge is 0.378 e. The van der Waals surface area contributed by atoms with E-state index in [0.717, 1.165) is 35.7 Å². The van der Waals surface area contributed by atoms with Crippen LogP contribution in [0.3, 0.4) is 0 Å². The van der Waals surface area contributed by atoms with Gasteiger partial charge in [-0.25, -0.2) is 4.98 Å². The highest BCUT2D eigenvalue weighted by Gasteiger charge is 2.15. The zero-order valence-corrected chi connectivity index (χ0v) is 15.9. The first-order valence-electron chi connectivity index (χ1n) is 9.22. The quantitative estimate of drug-likeness (QED) is 0.751. The molecule has 2 aromatic rings. The average molecular weight is 380 g/mol. The van der Waals surface area contributed by atoms with Gasteiger partial charge in [-0.1, -0.05) is 18.2 Å². The van der Waals surface area contributed by atoms with Gasteiger partial charge in [0.25, 0.3) is 0 Å². The van der Waals surface area contributed by atoms with Crippen LogP contribution in [0.25, 0.3) is 6.08 Å². The Balaban J connectivity index is 1.56. The fourth-order valence-corrected chi connectivity index (χ4v) is 2.92. The Kier molecular flexibility index (Phi) is 6.75. The van der Waals surface area contributed by atoms with Crippen LogP contribution < -0.4 is 15.5 Å². The summed E-state index contributed by atoms with van der Waals surface area (Å²) in [6, 6.07) is 11.1. The molecule has 7 heteroatoms. The minimum Gasteiger partial charge on any atom is -0.378 e. The molecule has 0 aliphatic carbocycles. The maximum absolute atomic E-state index is 12.2. The van der Waals surface area contributed by atoms with Crippen LogP contribution in [0.1, 0.15) is 18.1 Å². The van der Waals surface area contributed by atoms with E-state index >= 15 is 0 Å². The van der Waals surface area contributed by atoms with Gasteiger partial charge < -0.3 is 20.3 Å². The third-order valence-corrected chi connectivity index (χ3v) is 4.29. The van der Waals surface area contributed by atoms with Crippen molar-refractivity contribution < 1.29 is 14.3 Å². The number of ether oxygens (including phenoxy) is 1. The van der Waals surface area contributed by atoms with Crippen molar-refractivity contribution in [3.8, 4) is 0 Å². The van der Waals surface area contributed by atoms with Crippen LogP contribution >= 0.6 is 0 Å². The summed E-state index contributed by atoms with van der Waals surface area (Å²) < 4.78 is 5.39. The standard InChI is InChI=1S/C21H24N4O3/c1-16(26)24-19-7-4-17(5-8-19)6-9-20(27)23-15-18-3-2-10-22-21(18)25-11-13-28-14-12-25/h2-10H,11-15H2,1H3,(H,23,27)(H,24,26)/b9-6+. The van der Waals surface area contributed by atoms with Gasteiger partial charge in [0.2, 0.25) is 11.8 Å². The van der Waals surface area contributed by atoms with Crippen molar-refractivity contribution in [1.82, 2.24) is 10.3 Å². The third kappa shape index (κ3) is 5.65. The topological polar surface area (TPSA) is 83.6 Å². The Morgan fingerprint density at radius 2 is 1.93 bits per heavy atom. The predicted octanol–water partition coefficient (Wildman–Crippen LogP) is 2.21. The first-order chi connectivity index (χ1) is 13.6. The molecule has 3 rings (SSSR count). The minimum absolute atomic E-state index is 0.116. The number of carbonyl (C=O) groups is 2. The van der Waals surface area contributed by atoms with Gasteiger partial charge in [-0.15, -0.1) is 0 Å². The van der Waals surface area contributed by atoms with Crippen molar-refractivity contribution in [3.63, 3.8) is 0 Å². The maximum Gasteiger partial charge on any atom is 0.244 e. The van der Waals surface area contributed by atoms with Crippen molar-refractivity contribution in [3.05, 3.63) is 59.8 Å². The fourth-order valence-electron chi connectivity index (χ4n) is 2.92. The van der Waals surface area contributed by atoms with Crippen LogP contribution in [-0.4, -0.2) is 43.1 Å². The molecule has 1 fully saturated rings. The fraction of sp³-hybridized carbons (Fsp3) is 0.286. The maximum atomic E-state index is 12.2. The van der Waals surface area contributed by atoms with Gasteiger partial charge in [0.15, 0.2) is 0 Å². The lowest BCUT2D eigenvalue weighted by Gasteiger charge is -2.29. The van der Waals surface area contributed by atoms with Crippen molar-refractivity contribution in [2.24, 2.45) is 0 Å². The molecule has 1 saturated heterocycles. The van der Waals surface area contributed by atoms with Crippen molar-refractivity contribution in [2.75, 3.05) is 36.5 Å². The Morgan fingerprint density at radius 3 is 2.64 bits per heavy atom. The summed E-state index contributed by atoms with van der Waals surface area (Å²) in [4.78, 5) is 29.9. The number of nitrogens with one attached hydrogen (secondary N) is 2. The van der Waals surface area contributed by atoms with Crippen LogP contribution in [0.5, 0.6) is 0 Å². The molecule has 1 aliphatic heterocycles. The first-order valence-corrected chi connectivity index (χ1v) is 9.22. The SMILES string of the molecule is CC(=O)Nc1ccc(/C=C/C(=O)NCc2cccnc2N2CCOCC2)cc1. The molecule has 0 atom stereocenters. The molecule has 2 N–H and O–H groups in total. The van der Waals surface area contributed by atoms with Gasteiger partial charge in [0.05, 0.1) is 13.2 Å². The molecule has 2 amide bonds. The van der Waals surface area contributed by atoms with E-state index in [4.69, 9.17) is 4.74 Å². The number of nitrogens with zero attached hydrogens (tertiary/aromatic N) is 2. The molecule has 1 aromatic heterocycles. The Bertz CT molecular complexity index is 843. The molecule has 0 saturated carbocycles. The molecule has 0 bridgehead atoms. The first kappa shape index (κ1) is 19.6. The van der Waals surface area contributed by atoms with Gasteiger partial charge in [-0.3, -0.25) is 9.59 Å². The zero-order valence-electron chi connectivity index (χ0n) is 15.9. The molecule has 0 spiro atoms. The highest BCUT2D eigenvalue weighted by Crippen LogP contribution is 2.18. The lowest BCUT2D eigenvalue weighted by atomic mass is 10.2. The summed E-state index contributed by atoms with van der Waals surface area (Å²) in [7, 11) is 0. The molecular formula is C21H24N4O3. The van der Waals surface area contributed by atoms with Crippen molar-refractivity contribution in [2.45, 2.75) is 13.5 Å². The molecule has 146 valence electrons. The number of anilines is 2. The van der Waals surface area contributed by atoms with Gasteiger partial charge in [0, 0.05) is 50.1 Å². The van der Waals surface area contributed by atoms with Crippen LogP contribution in [0.15, 0.2) is 48.7 Å². The number of hydrogen-bond donors (Lipinski definition) is 2. The van der Waals surface area contributed by atoms with E-state index in [1.807, 2.05) is 24.3 Å². The lowest BCUT2D eigenvalue weighted by Crippen LogP contribution is -2.37. The monoisotopic (exact) mass is 380 g/mol. The lowest BCUT2D eigenvalue weighted by molar-refractivity contribution is -0.116. The summed E-state index contributed by atoms with van der Waals surface area (Å²) >= 11 is 0. The third-order valence-electron chi connectivity index (χ3n) is 4.29. The zero-order chi connectivity index (χ0) is 19.8. The molecule has 0 unspecified atom stereocenters. The van der Waals surface area contributed by atoms with Crippen molar-refractivity contribution in [1.29, 1.82) is 0 Å². The molecule has 1 aromatic carbocycles. The Morgan fingerprint density at radius 1 is 1.18 bits per heavy atom.